The molecule has 1 heterocycles. The molecule has 18 heavy (non-hydrogen) atoms. The molecule has 1 aliphatic heterocycles. The third-order valence-corrected chi connectivity index (χ3v) is 3.60. The third kappa shape index (κ3) is 2.98. The summed E-state index contributed by atoms with van der Waals surface area (Å²) >= 11 is 3.24. The van der Waals surface area contributed by atoms with Gasteiger partial charge in [-0.05, 0) is 25.2 Å². The molecular formula is C12H14BrF3N2. The molecule has 0 N–H and O–H groups in total. The minimum absolute atomic E-state index is 0.268. The standard InChI is InChI=1S/C12H14BrF3N2/c1-17-4-6-18(7-5-17)11-8-9(13)2-3-10(11)12(14,15)16/h2-3,8H,4-7H2,1H3. The molecule has 2 nitrogen and oxygen atoms in total. The summed E-state index contributed by atoms with van der Waals surface area (Å²) in [6.45, 7) is 2.81. The lowest BCUT2D eigenvalue weighted by atomic mass is 10.1. The van der Waals surface area contributed by atoms with E-state index in [0.29, 0.717) is 17.6 Å². The molecule has 1 aromatic carbocycles. The molecule has 2 rings (SSSR count). The average molecular weight is 323 g/mol. The topological polar surface area (TPSA) is 6.48 Å². The van der Waals surface area contributed by atoms with Crippen molar-refractivity contribution >= 4 is 21.6 Å². The summed E-state index contributed by atoms with van der Waals surface area (Å²) in [6.07, 6.45) is -4.31. The van der Waals surface area contributed by atoms with Crippen LogP contribution in [0.5, 0.6) is 0 Å². The van der Waals surface area contributed by atoms with Crippen molar-refractivity contribution in [2.24, 2.45) is 0 Å². The number of rotatable bonds is 1. The average Bonchev–Trinajstić information content (AvgIpc) is 2.28. The van der Waals surface area contributed by atoms with Gasteiger partial charge in [0.25, 0.3) is 0 Å². The van der Waals surface area contributed by atoms with Gasteiger partial charge in [0.1, 0.15) is 0 Å². The predicted molar refractivity (Wildman–Crippen MR) is 68.9 cm³/mol. The molecule has 6 heteroatoms. The SMILES string of the molecule is CN1CCN(c2cc(Br)ccc2C(F)(F)F)CC1. The van der Waals surface area contributed by atoms with Gasteiger partial charge in [-0.15, -0.1) is 0 Å². The molecule has 0 atom stereocenters. The van der Waals surface area contributed by atoms with E-state index < -0.39 is 11.7 Å². The summed E-state index contributed by atoms with van der Waals surface area (Å²) in [4.78, 5) is 3.91. The van der Waals surface area contributed by atoms with Crippen molar-refractivity contribution in [3.63, 3.8) is 0 Å². The molecular weight excluding hydrogens is 309 g/mol. The molecule has 0 aliphatic carbocycles. The molecule has 100 valence electrons. The molecule has 0 unspecified atom stereocenters. The van der Waals surface area contributed by atoms with Crippen molar-refractivity contribution in [2.45, 2.75) is 6.18 Å². The number of alkyl halides is 3. The molecule has 1 aromatic rings. The van der Waals surface area contributed by atoms with Crippen LogP contribution < -0.4 is 4.90 Å². The Morgan fingerprint density at radius 2 is 1.72 bits per heavy atom. The van der Waals surface area contributed by atoms with Crippen molar-refractivity contribution in [3.05, 3.63) is 28.2 Å². The van der Waals surface area contributed by atoms with Crippen LogP contribution in [0.15, 0.2) is 22.7 Å². The molecule has 1 saturated heterocycles. The molecule has 1 fully saturated rings. The molecule has 0 amide bonds. The lowest BCUT2D eigenvalue weighted by molar-refractivity contribution is -0.137. The first kappa shape index (κ1) is 13.7. The quantitative estimate of drug-likeness (QED) is 0.783. The van der Waals surface area contributed by atoms with E-state index in [-0.39, 0.29) is 5.69 Å². The van der Waals surface area contributed by atoms with Gasteiger partial charge < -0.3 is 9.80 Å². The van der Waals surface area contributed by atoms with Gasteiger partial charge >= 0.3 is 6.18 Å². The Bertz CT molecular complexity index is 426. The van der Waals surface area contributed by atoms with Crippen LogP contribution in [0.2, 0.25) is 0 Å². The summed E-state index contributed by atoms with van der Waals surface area (Å²) in [5, 5.41) is 0. The Morgan fingerprint density at radius 1 is 1.11 bits per heavy atom. The van der Waals surface area contributed by atoms with E-state index in [1.54, 1.807) is 11.0 Å². The highest BCUT2D eigenvalue weighted by molar-refractivity contribution is 9.10. The predicted octanol–water partition coefficient (Wildman–Crippen LogP) is 3.22. The second-order valence-electron chi connectivity index (χ2n) is 4.45. The number of hydrogen-bond donors (Lipinski definition) is 0. The smallest absolute Gasteiger partial charge is 0.368 e. The van der Waals surface area contributed by atoms with Crippen LogP contribution in [0, 0.1) is 0 Å². The van der Waals surface area contributed by atoms with Crippen LogP contribution in [0.25, 0.3) is 0 Å². The van der Waals surface area contributed by atoms with Crippen molar-refractivity contribution in [3.8, 4) is 0 Å². The first-order valence-corrected chi connectivity index (χ1v) is 6.47. The Labute approximate surface area is 112 Å². The van der Waals surface area contributed by atoms with Crippen LogP contribution >= 0.6 is 15.9 Å². The fourth-order valence-electron chi connectivity index (χ4n) is 2.05. The zero-order valence-corrected chi connectivity index (χ0v) is 11.6. The lowest BCUT2D eigenvalue weighted by Crippen LogP contribution is -2.45. The summed E-state index contributed by atoms with van der Waals surface area (Å²) in [5.74, 6) is 0. The molecule has 0 saturated carbocycles. The maximum atomic E-state index is 13.0. The number of benzene rings is 1. The minimum Gasteiger partial charge on any atom is -0.368 e. The fraction of sp³-hybridized carbons (Fsp3) is 0.500. The first-order chi connectivity index (χ1) is 8.38. The van der Waals surface area contributed by atoms with Gasteiger partial charge in [-0.1, -0.05) is 15.9 Å². The van der Waals surface area contributed by atoms with E-state index in [9.17, 15) is 13.2 Å². The number of hydrogen-bond acceptors (Lipinski definition) is 2. The Hall–Kier alpha value is -0.750. The fourth-order valence-corrected chi connectivity index (χ4v) is 2.40. The Kier molecular flexibility index (Phi) is 3.87. The second kappa shape index (κ2) is 5.09. The van der Waals surface area contributed by atoms with Crippen LogP contribution in [0.4, 0.5) is 18.9 Å². The zero-order chi connectivity index (χ0) is 13.3. The van der Waals surface area contributed by atoms with Gasteiger partial charge in [0, 0.05) is 30.7 Å². The van der Waals surface area contributed by atoms with Gasteiger partial charge in [0.05, 0.1) is 11.3 Å². The van der Waals surface area contributed by atoms with E-state index in [4.69, 9.17) is 0 Å². The van der Waals surface area contributed by atoms with Crippen LogP contribution in [-0.4, -0.2) is 38.1 Å². The summed E-state index contributed by atoms with van der Waals surface area (Å²) in [7, 11) is 1.98. The molecule has 0 spiro atoms. The van der Waals surface area contributed by atoms with Crippen molar-refractivity contribution in [1.82, 2.24) is 4.90 Å². The second-order valence-corrected chi connectivity index (χ2v) is 5.37. The van der Waals surface area contributed by atoms with Gasteiger partial charge in [0.2, 0.25) is 0 Å². The highest BCUT2D eigenvalue weighted by Crippen LogP contribution is 2.38. The van der Waals surface area contributed by atoms with Crippen molar-refractivity contribution < 1.29 is 13.2 Å². The molecule has 1 aliphatic rings. The normalized spacial score (nSPS) is 18.2. The zero-order valence-electron chi connectivity index (χ0n) is 9.97. The Morgan fingerprint density at radius 3 is 2.28 bits per heavy atom. The molecule has 0 aromatic heterocycles. The van der Waals surface area contributed by atoms with E-state index in [0.717, 1.165) is 19.2 Å². The number of halogens is 4. The summed E-state index contributed by atoms with van der Waals surface area (Å²) in [5.41, 5.74) is -0.291. The highest BCUT2D eigenvalue weighted by Gasteiger charge is 2.35. The molecule has 0 bridgehead atoms. The number of anilines is 1. The van der Waals surface area contributed by atoms with E-state index in [2.05, 4.69) is 20.8 Å². The largest absolute Gasteiger partial charge is 0.418 e. The van der Waals surface area contributed by atoms with Gasteiger partial charge in [0.15, 0.2) is 0 Å². The van der Waals surface area contributed by atoms with Crippen LogP contribution in [0.1, 0.15) is 5.56 Å². The number of likely N-dealkylation sites (N-methyl/N-ethyl adjacent to an activating group) is 1. The van der Waals surface area contributed by atoms with E-state index in [1.165, 1.54) is 6.07 Å². The Balaban J connectivity index is 2.33. The van der Waals surface area contributed by atoms with Crippen molar-refractivity contribution in [2.75, 3.05) is 38.1 Å². The van der Waals surface area contributed by atoms with Gasteiger partial charge in [-0.25, -0.2) is 0 Å². The van der Waals surface area contributed by atoms with E-state index in [1.807, 2.05) is 7.05 Å². The maximum absolute atomic E-state index is 13.0. The number of nitrogens with zero attached hydrogens (tertiary/aromatic N) is 2. The molecule has 0 radical (unpaired) electrons. The lowest BCUT2D eigenvalue weighted by Gasteiger charge is -2.35. The summed E-state index contributed by atoms with van der Waals surface area (Å²) in [6, 6.07) is 4.12. The first-order valence-electron chi connectivity index (χ1n) is 5.68. The number of piperazine rings is 1. The van der Waals surface area contributed by atoms with Crippen LogP contribution in [0.3, 0.4) is 0 Å². The van der Waals surface area contributed by atoms with Gasteiger partial charge in [-0.3, -0.25) is 0 Å². The van der Waals surface area contributed by atoms with Gasteiger partial charge in [-0.2, -0.15) is 13.2 Å². The summed E-state index contributed by atoms with van der Waals surface area (Å²) < 4.78 is 39.5. The van der Waals surface area contributed by atoms with Crippen molar-refractivity contribution in [1.29, 1.82) is 0 Å². The maximum Gasteiger partial charge on any atom is 0.418 e. The van der Waals surface area contributed by atoms with E-state index >= 15 is 0 Å². The highest BCUT2D eigenvalue weighted by atomic mass is 79.9. The third-order valence-electron chi connectivity index (χ3n) is 3.11. The van der Waals surface area contributed by atoms with Crippen LogP contribution in [-0.2, 0) is 6.18 Å². The minimum atomic E-state index is -4.31. The monoisotopic (exact) mass is 322 g/mol.